The summed E-state index contributed by atoms with van der Waals surface area (Å²) in [4.78, 5) is 25.2. The lowest BCUT2D eigenvalue weighted by atomic mass is 10.3. The minimum Gasteiger partial charge on any atom is -0.354 e. The fourth-order valence-corrected chi connectivity index (χ4v) is 2.40. The molecule has 0 unspecified atom stereocenters. The maximum atomic E-state index is 12.2. The predicted octanol–water partition coefficient (Wildman–Crippen LogP) is 0.750. The molecule has 0 aromatic carbocycles. The van der Waals surface area contributed by atoms with Crippen molar-refractivity contribution < 1.29 is 9.59 Å². The first kappa shape index (κ1) is 12.2. The summed E-state index contributed by atoms with van der Waals surface area (Å²) >= 11 is 3.33. The molecule has 1 aliphatic heterocycles. The summed E-state index contributed by atoms with van der Waals surface area (Å²) in [5.74, 6) is -0.195. The Morgan fingerprint density at radius 1 is 1.53 bits per heavy atom. The van der Waals surface area contributed by atoms with Crippen LogP contribution in [0.5, 0.6) is 0 Å². The number of nitrogens with zero attached hydrogens (tertiary/aromatic N) is 2. The molecule has 1 aliphatic rings. The second kappa shape index (κ2) is 4.91. The van der Waals surface area contributed by atoms with Gasteiger partial charge in [0.1, 0.15) is 5.69 Å². The van der Waals surface area contributed by atoms with Crippen molar-refractivity contribution >= 4 is 27.7 Å². The summed E-state index contributed by atoms with van der Waals surface area (Å²) in [5, 5.41) is 2.75. The molecular formula is C11H14BrN3O2. The minimum absolute atomic E-state index is 0.0934. The second-order valence-electron chi connectivity index (χ2n) is 4.08. The van der Waals surface area contributed by atoms with Gasteiger partial charge in [0, 0.05) is 30.8 Å². The summed E-state index contributed by atoms with van der Waals surface area (Å²) < 4.78 is 2.62. The number of halogens is 1. The minimum atomic E-state index is -0.102. The van der Waals surface area contributed by atoms with Gasteiger partial charge >= 0.3 is 0 Å². The van der Waals surface area contributed by atoms with Gasteiger partial charge in [0.15, 0.2) is 0 Å². The van der Waals surface area contributed by atoms with Crippen molar-refractivity contribution in [2.24, 2.45) is 7.05 Å². The maximum Gasteiger partial charge on any atom is 0.270 e. The topological polar surface area (TPSA) is 54.3 Å². The predicted molar refractivity (Wildman–Crippen MR) is 66.6 cm³/mol. The lowest BCUT2D eigenvalue weighted by molar-refractivity contribution is -0.121. The Morgan fingerprint density at radius 3 is 2.94 bits per heavy atom. The number of nitrogens with one attached hydrogen (secondary N) is 1. The van der Waals surface area contributed by atoms with E-state index < -0.39 is 0 Å². The number of carbonyl (C=O) groups is 2. The van der Waals surface area contributed by atoms with Crippen LogP contribution in [0.2, 0.25) is 0 Å². The Morgan fingerprint density at radius 2 is 2.29 bits per heavy atom. The van der Waals surface area contributed by atoms with Crippen LogP contribution < -0.4 is 5.32 Å². The molecule has 5 nitrogen and oxygen atoms in total. The van der Waals surface area contributed by atoms with Crippen LogP contribution in [0.3, 0.4) is 0 Å². The molecule has 1 aromatic heterocycles. The van der Waals surface area contributed by atoms with E-state index in [0.29, 0.717) is 18.8 Å². The van der Waals surface area contributed by atoms with E-state index in [1.807, 2.05) is 13.2 Å². The molecule has 0 radical (unpaired) electrons. The molecule has 0 atom stereocenters. The van der Waals surface area contributed by atoms with Gasteiger partial charge in [-0.05, 0) is 28.4 Å². The highest BCUT2D eigenvalue weighted by Gasteiger charge is 2.22. The molecule has 1 aromatic rings. The molecule has 92 valence electrons. The molecule has 0 spiro atoms. The Balaban J connectivity index is 2.18. The van der Waals surface area contributed by atoms with E-state index in [1.54, 1.807) is 15.5 Å². The Labute approximate surface area is 108 Å². The van der Waals surface area contributed by atoms with Crippen molar-refractivity contribution in [3.05, 3.63) is 22.4 Å². The zero-order valence-corrected chi connectivity index (χ0v) is 11.2. The van der Waals surface area contributed by atoms with Crippen LogP contribution in [0.15, 0.2) is 16.7 Å². The number of aromatic nitrogens is 1. The number of amides is 2. The number of hydrogen-bond acceptors (Lipinski definition) is 2. The maximum absolute atomic E-state index is 12.2. The van der Waals surface area contributed by atoms with E-state index in [1.165, 1.54) is 0 Å². The molecule has 1 N–H and O–H groups in total. The van der Waals surface area contributed by atoms with Crippen LogP contribution in [-0.2, 0) is 11.8 Å². The molecule has 1 saturated heterocycles. The number of carbonyl (C=O) groups excluding carboxylic acids is 2. The van der Waals surface area contributed by atoms with Crippen LogP contribution in [0.4, 0.5) is 0 Å². The van der Waals surface area contributed by atoms with Crippen molar-refractivity contribution in [1.82, 2.24) is 14.8 Å². The Hall–Kier alpha value is -1.30. The molecule has 0 aliphatic carbocycles. The van der Waals surface area contributed by atoms with Crippen molar-refractivity contribution in [3.63, 3.8) is 0 Å². The quantitative estimate of drug-likeness (QED) is 0.832. The molecule has 2 heterocycles. The van der Waals surface area contributed by atoms with Crippen molar-refractivity contribution in [3.8, 4) is 0 Å². The van der Waals surface area contributed by atoms with E-state index in [-0.39, 0.29) is 18.4 Å². The zero-order chi connectivity index (χ0) is 12.4. The van der Waals surface area contributed by atoms with E-state index in [4.69, 9.17) is 0 Å². The largest absolute Gasteiger partial charge is 0.354 e. The van der Waals surface area contributed by atoms with E-state index in [9.17, 15) is 9.59 Å². The van der Waals surface area contributed by atoms with Gasteiger partial charge in [-0.15, -0.1) is 0 Å². The van der Waals surface area contributed by atoms with E-state index in [0.717, 1.165) is 10.9 Å². The summed E-state index contributed by atoms with van der Waals surface area (Å²) in [5.41, 5.74) is 0.589. The van der Waals surface area contributed by atoms with Gasteiger partial charge in [-0.25, -0.2) is 0 Å². The van der Waals surface area contributed by atoms with Gasteiger partial charge < -0.3 is 14.8 Å². The highest BCUT2D eigenvalue weighted by molar-refractivity contribution is 9.10. The average Bonchev–Trinajstić information content (AvgIpc) is 2.49. The molecule has 1 fully saturated rings. The molecular weight excluding hydrogens is 286 g/mol. The Bertz CT molecular complexity index is 456. The normalized spacial score (nSPS) is 16.6. The highest BCUT2D eigenvalue weighted by Crippen LogP contribution is 2.15. The van der Waals surface area contributed by atoms with Crippen LogP contribution >= 0.6 is 15.9 Å². The third kappa shape index (κ3) is 2.69. The fraction of sp³-hybridized carbons (Fsp3) is 0.455. The lowest BCUT2D eigenvalue weighted by Gasteiger charge is -2.19. The van der Waals surface area contributed by atoms with Crippen molar-refractivity contribution in [2.75, 3.05) is 19.6 Å². The first-order chi connectivity index (χ1) is 8.08. The van der Waals surface area contributed by atoms with Crippen LogP contribution in [0, 0.1) is 0 Å². The number of hydrogen-bond donors (Lipinski definition) is 1. The Kier molecular flexibility index (Phi) is 3.51. The highest BCUT2D eigenvalue weighted by atomic mass is 79.9. The summed E-state index contributed by atoms with van der Waals surface area (Å²) in [7, 11) is 1.82. The third-order valence-electron chi connectivity index (χ3n) is 2.74. The molecule has 6 heteroatoms. The second-order valence-corrected chi connectivity index (χ2v) is 5.00. The van der Waals surface area contributed by atoms with Crippen LogP contribution in [0.1, 0.15) is 16.9 Å². The summed E-state index contributed by atoms with van der Waals surface area (Å²) in [6.45, 7) is 1.39. The molecule has 2 rings (SSSR count). The first-order valence-corrected chi connectivity index (χ1v) is 6.25. The lowest BCUT2D eigenvalue weighted by Crippen LogP contribution is -2.38. The van der Waals surface area contributed by atoms with Gasteiger partial charge in [0.05, 0.1) is 6.54 Å². The molecule has 17 heavy (non-hydrogen) atoms. The van der Waals surface area contributed by atoms with Crippen molar-refractivity contribution in [2.45, 2.75) is 6.42 Å². The van der Waals surface area contributed by atoms with Gasteiger partial charge in [-0.3, -0.25) is 9.59 Å². The van der Waals surface area contributed by atoms with Gasteiger partial charge in [0.25, 0.3) is 5.91 Å². The molecule has 0 bridgehead atoms. The summed E-state index contributed by atoms with van der Waals surface area (Å²) in [6.07, 6.45) is 2.62. The summed E-state index contributed by atoms with van der Waals surface area (Å²) in [6, 6.07) is 1.77. The molecule has 0 saturated carbocycles. The fourth-order valence-electron chi connectivity index (χ4n) is 1.88. The molecule has 2 amide bonds. The standard InChI is InChI=1S/C11H14BrN3O2/c1-14-6-8(12)5-9(14)11(17)15-4-2-3-13-10(16)7-15/h5-6H,2-4,7H2,1H3,(H,13,16). The van der Waals surface area contributed by atoms with E-state index >= 15 is 0 Å². The van der Waals surface area contributed by atoms with Gasteiger partial charge in [-0.1, -0.05) is 0 Å². The monoisotopic (exact) mass is 299 g/mol. The first-order valence-electron chi connectivity index (χ1n) is 5.46. The average molecular weight is 300 g/mol. The smallest absolute Gasteiger partial charge is 0.270 e. The van der Waals surface area contributed by atoms with Crippen LogP contribution in [-0.4, -0.2) is 40.9 Å². The number of rotatable bonds is 1. The number of aryl methyl sites for hydroxylation is 1. The van der Waals surface area contributed by atoms with E-state index in [2.05, 4.69) is 21.2 Å². The zero-order valence-electron chi connectivity index (χ0n) is 9.57. The third-order valence-corrected chi connectivity index (χ3v) is 3.17. The van der Waals surface area contributed by atoms with Crippen molar-refractivity contribution in [1.29, 1.82) is 0 Å². The SMILES string of the molecule is Cn1cc(Br)cc1C(=O)N1CCCNC(=O)C1. The van der Waals surface area contributed by atoms with Gasteiger partial charge in [0.2, 0.25) is 5.91 Å². The van der Waals surface area contributed by atoms with Crippen LogP contribution in [0.25, 0.3) is 0 Å². The van der Waals surface area contributed by atoms with Gasteiger partial charge in [-0.2, -0.15) is 0 Å².